The molecule has 2 aromatic heterocycles. The molecule has 40 heavy (non-hydrogen) atoms. The molecule has 0 radical (unpaired) electrons. The summed E-state index contributed by atoms with van der Waals surface area (Å²) in [5, 5.41) is 33.6. The van der Waals surface area contributed by atoms with Crippen LogP contribution in [0.4, 0.5) is 8.78 Å². The summed E-state index contributed by atoms with van der Waals surface area (Å²) in [7, 11) is 0. The van der Waals surface area contributed by atoms with Gasteiger partial charge in [-0.15, -0.1) is 10.2 Å². The molecule has 3 heterocycles. The molecule has 10 nitrogen and oxygen atoms in total. The van der Waals surface area contributed by atoms with Crippen LogP contribution in [0.25, 0.3) is 11.5 Å². The van der Waals surface area contributed by atoms with Gasteiger partial charge in [-0.3, -0.25) is 4.90 Å². The standard InChI is InChI=1S/C27H28F2N8O2S/c28-21-6-7-23(24(29)14-21)27(38,17-37-19-31-18-32-37)16-36-11-9-35(10-12-36)8-3-13-40-26-34-33-25(39-26)22-5-2-1-4-20(22)15-30/h1-2,4-7,14,18-19,38H,3,8-13,16-17H2. The minimum absolute atomic E-state index is 0.00747. The summed E-state index contributed by atoms with van der Waals surface area (Å²) in [6, 6.07) is 12.5. The number of rotatable bonds is 11. The van der Waals surface area contributed by atoms with Gasteiger partial charge in [0, 0.05) is 50.1 Å². The van der Waals surface area contributed by atoms with Gasteiger partial charge in [-0.05, 0) is 31.2 Å². The van der Waals surface area contributed by atoms with Crippen LogP contribution in [0.1, 0.15) is 17.5 Å². The molecule has 0 spiro atoms. The molecule has 0 amide bonds. The fraction of sp³-hybridized carbons (Fsp3) is 0.370. The number of hydrogen-bond donors (Lipinski definition) is 1. The first-order valence-electron chi connectivity index (χ1n) is 12.8. The van der Waals surface area contributed by atoms with Crippen molar-refractivity contribution in [1.29, 1.82) is 5.26 Å². The van der Waals surface area contributed by atoms with Crippen molar-refractivity contribution >= 4 is 11.8 Å². The average molecular weight is 567 g/mol. The summed E-state index contributed by atoms with van der Waals surface area (Å²) in [5.74, 6) is -0.357. The topological polar surface area (TPSA) is 120 Å². The lowest BCUT2D eigenvalue weighted by Crippen LogP contribution is -2.52. The molecule has 2 aromatic carbocycles. The van der Waals surface area contributed by atoms with E-state index < -0.39 is 17.2 Å². The van der Waals surface area contributed by atoms with Gasteiger partial charge < -0.3 is 14.4 Å². The lowest BCUT2D eigenvalue weighted by molar-refractivity contribution is -0.0317. The first-order valence-corrected chi connectivity index (χ1v) is 13.8. The van der Waals surface area contributed by atoms with E-state index in [2.05, 4.69) is 36.1 Å². The van der Waals surface area contributed by atoms with Gasteiger partial charge in [-0.25, -0.2) is 18.4 Å². The van der Waals surface area contributed by atoms with Gasteiger partial charge in [0.25, 0.3) is 5.22 Å². The van der Waals surface area contributed by atoms with Crippen LogP contribution in [0.3, 0.4) is 0 Å². The molecule has 1 fully saturated rings. The van der Waals surface area contributed by atoms with E-state index in [-0.39, 0.29) is 18.7 Å². The van der Waals surface area contributed by atoms with E-state index in [1.165, 1.54) is 35.2 Å². The van der Waals surface area contributed by atoms with Gasteiger partial charge >= 0.3 is 0 Å². The maximum atomic E-state index is 14.7. The second-order valence-corrected chi connectivity index (χ2v) is 10.6. The number of aromatic nitrogens is 5. The molecule has 1 aliphatic rings. The lowest BCUT2D eigenvalue weighted by Gasteiger charge is -2.39. The van der Waals surface area contributed by atoms with Crippen molar-refractivity contribution < 1.29 is 18.3 Å². The fourth-order valence-electron chi connectivity index (χ4n) is 4.80. The maximum absolute atomic E-state index is 14.7. The Balaban J connectivity index is 1.10. The number of halogens is 2. The molecule has 1 aliphatic heterocycles. The van der Waals surface area contributed by atoms with Gasteiger partial charge in [-0.1, -0.05) is 30.0 Å². The Morgan fingerprint density at radius 3 is 2.60 bits per heavy atom. The molecule has 1 N–H and O–H groups in total. The summed E-state index contributed by atoms with van der Waals surface area (Å²) in [4.78, 5) is 8.34. The highest BCUT2D eigenvalue weighted by molar-refractivity contribution is 7.99. The van der Waals surface area contributed by atoms with Crippen LogP contribution in [-0.4, -0.2) is 84.9 Å². The molecular formula is C27H28F2N8O2S. The minimum atomic E-state index is -1.61. The van der Waals surface area contributed by atoms with Gasteiger partial charge in [0.15, 0.2) is 0 Å². The zero-order chi connectivity index (χ0) is 28.0. The van der Waals surface area contributed by atoms with Crippen LogP contribution < -0.4 is 0 Å². The van der Waals surface area contributed by atoms with Crippen molar-refractivity contribution in [3.05, 3.63) is 77.9 Å². The first kappa shape index (κ1) is 27.9. The van der Waals surface area contributed by atoms with E-state index in [1.54, 1.807) is 18.2 Å². The second kappa shape index (κ2) is 12.6. The summed E-state index contributed by atoms with van der Waals surface area (Å²) in [5.41, 5.74) is -0.468. The number of nitriles is 1. The van der Waals surface area contributed by atoms with Crippen molar-refractivity contribution in [2.75, 3.05) is 45.0 Å². The van der Waals surface area contributed by atoms with Crippen LogP contribution in [0, 0.1) is 23.0 Å². The third-order valence-corrected chi connectivity index (χ3v) is 7.71. The Morgan fingerprint density at radius 1 is 1.05 bits per heavy atom. The van der Waals surface area contributed by atoms with E-state index in [0.717, 1.165) is 43.9 Å². The maximum Gasteiger partial charge on any atom is 0.276 e. The van der Waals surface area contributed by atoms with Gasteiger partial charge in [0.2, 0.25) is 5.89 Å². The van der Waals surface area contributed by atoms with E-state index in [1.807, 2.05) is 6.07 Å². The van der Waals surface area contributed by atoms with E-state index in [4.69, 9.17) is 4.42 Å². The predicted molar refractivity (Wildman–Crippen MR) is 143 cm³/mol. The minimum Gasteiger partial charge on any atom is -0.411 e. The molecule has 0 aliphatic carbocycles. The number of nitrogens with zero attached hydrogens (tertiary/aromatic N) is 8. The Bertz CT molecular complexity index is 1450. The fourth-order valence-corrected chi connectivity index (χ4v) is 5.49. The van der Waals surface area contributed by atoms with Crippen molar-refractivity contribution in [3.8, 4) is 17.5 Å². The number of thioether (sulfide) groups is 1. The highest BCUT2D eigenvalue weighted by Crippen LogP contribution is 2.29. The molecule has 0 saturated carbocycles. The number of aliphatic hydroxyl groups is 1. The van der Waals surface area contributed by atoms with Crippen LogP contribution in [0.5, 0.6) is 0 Å². The molecule has 0 bridgehead atoms. The molecule has 5 rings (SSSR count). The van der Waals surface area contributed by atoms with E-state index in [0.29, 0.717) is 35.3 Å². The van der Waals surface area contributed by atoms with Crippen molar-refractivity contribution in [2.45, 2.75) is 23.8 Å². The Hall–Kier alpha value is -3.70. The summed E-state index contributed by atoms with van der Waals surface area (Å²) >= 11 is 1.48. The number of benzene rings is 2. The SMILES string of the molecule is N#Cc1ccccc1-c1nnc(SCCCN2CCN(CC(O)(Cn3cncn3)c3ccc(F)cc3F)CC2)o1. The monoisotopic (exact) mass is 566 g/mol. The molecule has 1 saturated heterocycles. The summed E-state index contributed by atoms with van der Waals surface area (Å²) in [6.45, 7) is 4.04. The smallest absolute Gasteiger partial charge is 0.276 e. The van der Waals surface area contributed by atoms with Crippen molar-refractivity contribution in [3.63, 3.8) is 0 Å². The molecule has 208 valence electrons. The third-order valence-electron chi connectivity index (χ3n) is 6.80. The zero-order valence-corrected chi connectivity index (χ0v) is 22.5. The molecule has 13 heteroatoms. The number of hydrogen-bond acceptors (Lipinski definition) is 10. The van der Waals surface area contributed by atoms with Crippen LogP contribution >= 0.6 is 11.8 Å². The molecule has 1 atom stereocenters. The number of piperazine rings is 1. The van der Waals surface area contributed by atoms with E-state index in [9.17, 15) is 19.1 Å². The Kier molecular flexibility index (Phi) is 8.81. The van der Waals surface area contributed by atoms with Crippen LogP contribution in [0.15, 0.2) is 64.8 Å². The highest BCUT2D eigenvalue weighted by atomic mass is 32.2. The Morgan fingerprint density at radius 2 is 1.85 bits per heavy atom. The normalized spacial score (nSPS) is 16.1. The third kappa shape index (κ3) is 6.71. The van der Waals surface area contributed by atoms with Crippen molar-refractivity contribution in [2.24, 2.45) is 0 Å². The van der Waals surface area contributed by atoms with Crippen LogP contribution in [-0.2, 0) is 12.1 Å². The quantitative estimate of drug-likeness (QED) is 0.214. The molecular weight excluding hydrogens is 538 g/mol. The van der Waals surface area contributed by atoms with Gasteiger partial charge in [0.05, 0.1) is 23.7 Å². The predicted octanol–water partition coefficient (Wildman–Crippen LogP) is 3.17. The van der Waals surface area contributed by atoms with E-state index >= 15 is 0 Å². The molecule has 4 aromatic rings. The average Bonchev–Trinajstić information content (AvgIpc) is 3.64. The van der Waals surface area contributed by atoms with Gasteiger partial charge in [-0.2, -0.15) is 10.4 Å². The lowest BCUT2D eigenvalue weighted by atomic mass is 9.92. The first-order chi connectivity index (χ1) is 19.4. The van der Waals surface area contributed by atoms with Gasteiger partial charge in [0.1, 0.15) is 29.9 Å². The molecule has 1 unspecified atom stereocenters. The van der Waals surface area contributed by atoms with Crippen LogP contribution in [0.2, 0.25) is 0 Å². The zero-order valence-electron chi connectivity index (χ0n) is 21.7. The number of β-amino-alcohol motifs (C(OH)–C–C–N with tert-alkyl or cyclic N) is 1. The summed E-state index contributed by atoms with van der Waals surface area (Å²) in [6.07, 6.45) is 3.72. The highest BCUT2D eigenvalue weighted by Gasteiger charge is 2.36. The Labute approximate surface area is 234 Å². The second-order valence-electron chi connectivity index (χ2n) is 9.60. The van der Waals surface area contributed by atoms with Crippen molar-refractivity contribution in [1.82, 2.24) is 34.8 Å². The summed E-state index contributed by atoms with van der Waals surface area (Å²) < 4.78 is 35.4. The largest absolute Gasteiger partial charge is 0.411 e.